The molecule has 7 heteroatoms. The van der Waals surface area contributed by atoms with Crippen molar-refractivity contribution in [2.45, 2.75) is 38.9 Å². The Hall–Kier alpha value is -3.51. The van der Waals surface area contributed by atoms with Crippen molar-refractivity contribution in [3.63, 3.8) is 0 Å². The maximum absolute atomic E-state index is 13.6. The molecule has 3 aromatic rings. The van der Waals surface area contributed by atoms with Gasteiger partial charge in [-0.2, -0.15) is 0 Å². The summed E-state index contributed by atoms with van der Waals surface area (Å²) in [6.07, 6.45) is 0.368. The van der Waals surface area contributed by atoms with E-state index in [1.54, 1.807) is 36.3 Å². The van der Waals surface area contributed by atoms with Crippen LogP contribution in [0, 0.1) is 0 Å². The lowest BCUT2D eigenvalue weighted by atomic mass is 10.0. The third-order valence-electron chi connectivity index (χ3n) is 5.39. The first-order valence-electron chi connectivity index (χ1n) is 11.5. The summed E-state index contributed by atoms with van der Waals surface area (Å²) in [4.78, 5) is 28.5. The third-order valence-corrected chi connectivity index (χ3v) is 5.64. The fourth-order valence-corrected chi connectivity index (χ4v) is 3.81. The molecule has 0 aliphatic carbocycles. The zero-order valence-corrected chi connectivity index (χ0v) is 21.0. The molecule has 0 fully saturated rings. The lowest BCUT2D eigenvalue weighted by molar-refractivity contribution is -0.143. The van der Waals surface area contributed by atoms with Gasteiger partial charge in [-0.3, -0.25) is 9.59 Å². The number of rotatable bonds is 11. The molecule has 2 amide bonds. The van der Waals surface area contributed by atoms with Gasteiger partial charge in [0.05, 0.1) is 7.11 Å². The van der Waals surface area contributed by atoms with E-state index in [0.717, 1.165) is 11.1 Å². The number of nitrogens with zero attached hydrogens (tertiary/aromatic N) is 1. The van der Waals surface area contributed by atoms with Gasteiger partial charge in [-0.15, -0.1) is 0 Å². The first kappa shape index (κ1) is 26.1. The van der Waals surface area contributed by atoms with Crippen LogP contribution < -0.4 is 14.8 Å². The van der Waals surface area contributed by atoms with E-state index in [2.05, 4.69) is 5.32 Å². The number of ether oxygens (including phenoxy) is 2. The zero-order valence-electron chi connectivity index (χ0n) is 20.2. The fraction of sp³-hybridized carbons (Fsp3) is 0.286. The second kappa shape index (κ2) is 12.8. The Morgan fingerprint density at radius 1 is 0.886 bits per heavy atom. The summed E-state index contributed by atoms with van der Waals surface area (Å²) in [6.45, 7) is 3.78. The summed E-state index contributed by atoms with van der Waals surface area (Å²) in [5.41, 5.74) is 1.81. The van der Waals surface area contributed by atoms with Crippen LogP contribution in [-0.4, -0.2) is 42.5 Å². The minimum Gasteiger partial charge on any atom is -0.493 e. The number of carbonyl (C=O) groups is 2. The van der Waals surface area contributed by atoms with Crippen molar-refractivity contribution in [2.24, 2.45) is 0 Å². The molecule has 0 aliphatic rings. The van der Waals surface area contributed by atoms with Gasteiger partial charge >= 0.3 is 0 Å². The van der Waals surface area contributed by atoms with Gasteiger partial charge in [-0.25, -0.2) is 0 Å². The number of halogens is 1. The first-order chi connectivity index (χ1) is 16.9. The molecular weight excluding hydrogens is 464 g/mol. The Bertz CT molecular complexity index is 1100. The van der Waals surface area contributed by atoms with Crippen molar-refractivity contribution in [1.82, 2.24) is 10.2 Å². The van der Waals surface area contributed by atoms with Crippen molar-refractivity contribution < 1.29 is 19.1 Å². The molecule has 0 saturated carbocycles. The third kappa shape index (κ3) is 7.76. The van der Waals surface area contributed by atoms with Crippen LogP contribution in [0.1, 0.15) is 25.0 Å². The molecule has 35 heavy (non-hydrogen) atoms. The zero-order chi connectivity index (χ0) is 25.2. The van der Waals surface area contributed by atoms with Gasteiger partial charge in [0.15, 0.2) is 18.1 Å². The summed E-state index contributed by atoms with van der Waals surface area (Å²) in [5, 5.41) is 3.57. The highest BCUT2D eigenvalue weighted by atomic mass is 35.5. The van der Waals surface area contributed by atoms with E-state index < -0.39 is 6.04 Å². The average molecular weight is 495 g/mol. The standard InChI is InChI=1S/C28H31ClN2O4/c1-20(2)30-28(33)24(17-21-9-5-4-6-10-21)31(18-22-13-15-23(29)16-14-22)27(32)19-35-26-12-8-7-11-25(26)34-3/h4-16,20,24H,17-19H2,1-3H3,(H,30,33)/t24-/m0/s1. The monoisotopic (exact) mass is 494 g/mol. The lowest BCUT2D eigenvalue weighted by Gasteiger charge is -2.32. The van der Waals surface area contributed by atoms with E-state index in [-0.39, 0.29) is 31.0 Å². The molecule has 0 radical (unpaired) electrons. The summed E-state index contributed by atoms with van der Waals surface area (Å²) < 4.78 is 11.1. The number of hydrogen-bond acceptors (Lipinski definition) is 4. The quantitative estimate of drug-likeness (QED) is 0.412. The molecular formula is C28H31ClN2O4. The van der Waals surface area contributed by atoms with Crippen LogP contribution in [0.4, 0.5) is 0 Å². The smallest absolute Gasteiger partial charge is 0.261 e. The van der Waals surface area contributed by atoms with Gasteiger partial charge in [0.1, 0.15) is 6.04 Å². The topological polar surface area (TPSA) is 67.9 Å². The van der Waals surface area contributed by atoms with E-state index in [9.17, 15) is 9.59 Å². The minimum atomic E-state index is -0.732. The summed E-state index contributed by atoms with van der Waals surface area (Å²) in [6, 6.07) is 23.2. The van der Waals surface area contributed by atoms with Gasteiger partial charge in [-0.1, -0.05) is 66.2 Å². The van der Waals surface area contributed by atoms with E-state index >= 15 is 0 Å². The van der Waals surface area contributed by atoms with Crippen LogP contribution in [0.2, 0.25) is 5.02 Å². The second-order valence-corrected chi connectivity index (χ2v) is 8.89. The molecule has 0 spiro atoms. The van der Waals surface area contributed by atoms with Gasteiger partial charge in [-0.05, 0) is 49.2 Å². The van der Waals surface area contributed by atoms with Crippen molar-refractivity contribution in [3.8, 4) is 11.5 Å². The number of para-hydroxylation sites is 2. The van der Waals surface area contributed by atoms with E-state index in [0.29, 0.717) is 22.9 Å². The Balaban J connectivity index is 1.91. The molecule has 0 saturated heterocycles. The highest BCUT2D eigenvalue weighted by Crippen LogP contribution is 2.26. The molecule has 0 heterocycles. The van der Waals surface area contributed by atoms with Crippen molar-refractivity contribution in [2.75, 3.05) is 13.7 Å². The van der Waals surface area contributed by atoms with Crippen molar-refractivity contribution in [1.29, 1.82) is 0 Å². The number of hydrogen-bond donors (Lipinski definition) is 1. The maximum Gasteiger partial charge on any atom is 0.261 e. The SMILES string of the molecule is COc1ccccc1OCC(=O)N(Cc1ccc(Cl)cc1)[C@@H](Cc1ccccc1)C(=O)NC(C)C. The Morgan fingerprint density at radius 3 is 2.14 bits per heavy atom. The van der Waals surface area contributed by atoms with Crippen molar-refractivity contribution in [3.05, 3.63) is 95.0 Å². The number of methoxy groups -OCH3 is 1. The van der Waals surface area contributed by atoms with Crippen LogP contribution in [0.5, 0.6) is 11.5 Å². The Morgan fingerprint density at radius 2 is 1.51 bits per heavy atom. The number of carbonyl (C=O) groups excluding carboxylic acids is 2. The lowest BCUT2D eigenvalue weighted by Crippen LogP contribution is -2.52. The Kier molecular flexibility index (Phi) is 9.56. The molecule has 3 rings (SSSR count). The van der Waals surface area contributed by atoms with Crippen LogP contribution >= 0.6 is 11.6 Å². The largest absolute Gasteiger partial charge is 0.493 e. The normalized spacial score (nSPS) is 11.6. The van der Waals surface area contributed by atoms with Crippen molar-refractivity contribution >= 4 is 23.4 Å². The van der Waals surface area contributed by atoms with Gasteiger partial charge in [0.2, 0.25) is 5.91 Å². The number of benzene rings is 3. The average Bonchev–Trinajstić information content (AvgIpc) is 2.86. The minimum absolute atomic E-state index is 0.0712. The Labute approximate surface area is 211 Å². The molecule has 0 aromatic heterocycles. The fourth-order valence-electron chi connectivity index (χ4n) is 3.68. The number of amides is 2. The predicted octanol–water partition coefficient (Wildman–Crippen LogP) is 4.89. The molecule has 6 nitrogen and oxygen atoms in total. The summed E-state index contributed by atoms with van der Waals surface area (Å²) in [5.74, 6) is 0.457. The van der Waals surface area contributed by atoms with E-state index in [1.807, 2.05) is 68.4 Å². The van der Waals surface area contributed by atoms with Gasteiger partial charge in [0.25, 0.3) is 5.91 Å². The van der Waals surface area contributed by atoms with Crippen LogP contribution in [0.25, 0.3) is 0 Å². The molecule has 0 unspecified atom stereocenters. The molecule has 1 N–H and O–H groups in total. The van der Waals surface area contributed by atoms with E-state index in [1.165, 1.54) is 0 Å². The second-order valence-electron chi connectivity index (χ2n) is 8.46. The molecule has 0 bridgehead atoms. The highest BCUT2D eigenvalue weighted by Gasteiger charge is 2.31. The van der Waals surface area contributed by atoms with Crippen LogP contribution in [-0.2, 0) is 22.6 Å². The molecule has 184 valence electrons. The summed E-state index contributed by atoms with van der Waals surface area (Å²) >= 11 is 6.06. The maximum atomic E-state index is 13.6. The highest BCUT2D eigenvalue weighted by molar-refractivity contribution is 6.30. The molecule has 0 aliphatic heterocycles. The van der Waals surface area contributed by atoms with Crippen LogP contribution in [0.3, 0.4) is 0 Å². The molecule has 1 atom stereocenters. The number of nitrogens with one attached hydrogen (secondary N) is 1. The van der Waals surface area contributed by atoms with Crippen LogP contribution in [0.15, 0.2) is 78.9 Å². The van der Waals surface area contributed by atoms with E-state index in [4.69, 9.17) is 21.1 Å². The predicted molar refractivity (Wildman–Crippen MR) is 138 cm³/mol. The molecule has 3 aromatic carbocycles. The first-order valence-corrected chi connectivity index (χ1v) is 11.9. The van der Waals surface area contributed by atoms with Gasteiger partial charge < -0.3 is 19.7 Å². The van der Waals surface area contributed by atoms with Gasteiger partial charge in [0, 0.05) is 24.0 Å². The summed E-state index contributed by atoms with van der Waals surface area (Å²) in [7, 11) is 1.54.